The molecule has 0 atom stereocenters. The first-order valence-corrected chi connectivity index (χ1v) is 12.3. The van der Waals surface area contributed by atoms with Gasteiger partial charge in [0.25, 0.3) is 5.91 Å². The number of carbonyl (C=O) groups is 2. The summed E-state index contributed by atoms with van der Waals surface area (Å²) in [6, 6.07) is 14.0. The molecule has 2 aromatic rings. The van der Waals surface area contributed by atoms with Crippen LogP contribution in [0.5, 0.6) is 0 Å². The van der Waals surface area contributed by atoms with Crippen molar-refractivity contribution in [2.75, 3.05) is 6.54 Å². The number of nitrogens with one attached hydrogen (secondary N) is 2. The molecule has 0 aromatic heterocycles. The van der Waals surface area contributed by atoms with Gasteiger partial charge in [-0.25, -0.2) is 5.43 Å². The van der Waals surface area contributed by atoms with Gasteiger partial charge in [0.1, 0.15) is 0 Å². The topological polar surface area (TPSA) is 70.6 Å². The van der Waals surface area contributed by atoms with Crippen LogP contribution in [0, 0.1) is 0 Å². The van der Waals surface area contributed by atoms with E-state index in [1.165, 1.54) is 57.8 Å². The predicted octanol–water partition coefficient (Wildman–Crippen LogP) is 6.11. The van der Waals surface area contributed by atoms with E-state index in [0.717, 1.165) is 29.2 Å². The molecule has 0 radical (unpaired) electrons. The third-order valence-corrected chi connectivity index (χ3v) is 5.67. The lowest BCUT2D eigenvalue weighted by Crippen LogP contribution is -2.34. The summed E-state index contributed by atoms with van der Waals surface area (Å²) in [6.07, 6.45) is 15.9. The number of unbranched alkanes of at least 4 members (excludes halogenated alkanes) is 10. The lowest BCUT2D eigenvalue weighted by Gasteiger charge is -2.05. The van der Waals surface area contributed by atoms with Crippen LogP contribution in [0.3, 0.4) is 0 Å². The Hall–Kier alpha value is -2.69. The lowest BCUT2D eigenvalue weighted by atomic mass is 10.1. The number of benzene rings is 2. The van der Waals surface area contributed by atoms with Crippen molar-refractivity contribution in [1.82, 2.24) is 10.7 Å². The van der Waals surface area contributed by atoms with E-state index in [4.69, 9.17) is 0 Å². The van der Waals surface area contributed by atoms with Gasteiger partial charge in [0.05, 0.1) is 12.8 Å². The zero-order chi connectivity index (χ0) is 22.9. The normalized spacial score (nSPS) is 11.2. The average Bonchev–Trinajstić information content (AvgIpc) is 2.81. The van der Waals surface area contributed by atoms with Gasteiger partial charge >= 0.3 is 0 Å². The Labute approximate surface area is 193 Å². The highest BCUT2D eigenvalue weighted by molar-refractivity contribution is 6.00. The second-order valence-corrected chi connectivity index (χ2v) is 8.42. The molecule has 32 heavy (non-hydrogen) atoms. The molecule has 2 N–H and O–H groups in total. The Morgan fingerprint density at radius 2 is 1.41 bits per heavy atom. The van der Waals surface area contributed by atoms with Gasteiger partial charge in [-0.05, 0) is 17.2 Å². The van der Waals surface area contributed by atoms with Crippen molar-refractivity contribution in [3.63, 3.8) is 0 Å². The molecule has 174 valence electrons. The predicted molar refractivity (Wildman–Crippen MR) is 134 cm³/mol. The molecule has 0 aliphatic heterocycles. The van der Waals surface area contributed by atoms with Crippen molar-refractivity contribution < 1.29 is 9.59 Å². The van der Waals surface area contributed by atoms with Crippen molar-refractivity contribution in [2.24, 2.45) is 5.10 Å². The van der Waals surface area contributed by atoms with Crippen molar-refractivity contribution in [3.8, 4) is 0 Å². The number of carbonyl (C=O) groups excluding carboxylic acids is 2. The molecule has 0 saturated carbocycles. The van der Waals surface area contributed by atoms with E-state index < -0.39 is 0 Å². The molecule has 2 amide bonds. The monoisotopic (exact) mass is 437 g/mol. The molecular weight excluding hydrogens is 398 g/mol. The quantitative estimate of drug-likeness (QED) is 0.189. The summed E-state index contributed by atoms with van der Waals surface area (Å²) in [5.74, 6) is -0.400. The second kappa shape index (κ2) is 16.0. The second-order valence-electron chi connectivity index (χ2n) is 8.42. The first-order valence-electron chi connectivity index (χ1n) is 12.3. The Morgan fingerprint density at radius 1 is 0.781 bits per heavy atom. The van der Waals surface area contributed by atoms with Crippen LogP contribution >= 0.6 is 0 Å². The van der Waals surface area contributed by atoms with Crippen LogP contribution in [0.4, 0.5) is 0 Å². The standard InChI is InChI=1S/C27H39N3O2/c1-2-3-4-5-6-7-8-9-10-11-12-20-26(31)28-22-27(32)30-29-21-24-18-15-17-23-16-13-14-19-25(23)24/h13-19,21H,2-12,20,22H2,1H3,(H,28,31)(H,30,32)/b29-21-. The molecule has 2 aromatic carbocycles. The number of hydrogen-bond donors (Lipinski definition) is 2. The zero-order valence-electron chi connectivity index (χ0n) is 19.6. The Morgan fingerprint density at radius 3 is 2.12 bits per heavy atom. The molecule has 0 fully saturated rings. The molecule has 5 heteroatoms. The van der Waals surface area contributed by atoms with Crippen LogP contribution in [0.25, 0.3) is 10.8 Å². The Bertz CT molecular complexity index is 842. The number of nitrogens with zero attached hydrogens (tertiary/aromatic N) is 1. The number of rotatable bonds is 16. The van der Waals surface area contributed by atoms with Crippen LogP contribution < -0.4 is 10.7 Å². The van der Waals surface area contributed by atoms with E-state index >= 15 is 0 Å². The van der Waals surface area contributed by atoms with Gasteiger partial charge in [0.15, 0.2) is 0 Å². The zero-order valence-corrected chi connectivity index (χ0v) is 19.6. The van der Waals surface area contributed by atoms with Gasteiger partial charge < -0.3 is 5.32 Å². The smallest absolute Gasteiger partial charge is 0.259 e. The molecule has 0 unspecified atom stereocenters. The average molecular weight is 438 g/mol. The van der Waals surface area contributed by atoms with Crippen molar-refractivity contribution in [2.45, 2.75) is 84.0 Å². The fourth-order valence-electron chi connectivity index (χ4n) is 3.79. The summed E-state index contributed by atoms with van der Waals surface area (Å²) in [7, 11) is 0. The lowest BCUT2D eigenvalue weighted by molar-refractivity contribution is -0.126. The van der Waals surface area contributed by atoms with Crippen molar-refractivity contribution in [3.05, 3.63) is 48.0 Å². The highest BCUT2D eigenvalue weighted by atomic mass is 16.2. The van der Waals surface area contributed by atoms with Crippen LogP contribution in [-0.2, 0) is 9.59 Å². The maximum absolute atomic E-state index is 11.9. The minimum atomic E-state index is -0.325. The summed E-state index contributed by atoms with van der Waals surface area (Å²) in [5.41, 5.74) is 3.41. The maximum Gasteiger partial charge on any atom is 0.259 e. The molecule has 0 spiro atoms. The van der Waals surface area contributed by atoms with E-state index in [1.807, 2.05) is 42.5 Å². The van der Waals surface area contributed by atoms with E-state index in [0.29, 0.717) is 6.42 Å². The Kier molecular flexibility index (Phi) is 12.8. The molecule has 0 aliphatic rings. The maximum atomic E-state index is 11.9. The summed E-state index contributed by atoms with van der Waals surface area (Å²) < 4.78 is 0. The van der Waals surface area contributed by atoms with Crippen LogP contribution in [-0.4, -0.2) is 24.6 Å². The van der Waals surface area contributed by atoms with Gasteiger partial charge in [-0.15, -0.1) is 0 Å². The van der Waals surface area contributed by atoms with Gasteiger partial charge in [-0.2, -0.15) is 5.10 Å². The van der Waals surface area contributed by atoms with Crippen molar-refractivity contribution in [1.29, 1.82) is 0 Å². The fourth-order valence-corrected chi connectivity index (χ4v) is 3.79. The van der Waals surface area contributed by atoms with Crippen LogP contribution in [0.15, 0.2) is 47.6 Å². The largest absolute Gasteiger partial charge is 0.347 e. The SMILES string of the molecule is CCCCCCCCCCCCCC(=O)NCC(=O)N/N=C\c1cccc2ccccc12. The highest BCUT2D eigenvalue weighted by Crippen LogP contribution is 2.16. The Balaban J connectivity index is 1.50. The molecule has 2 rings (SSSR count). The van der Waals surface area contributed by atoms with Crippen LogP contribution in [0.2, 0.25) is 0 Å². The summed E-state index contributed by atoms with van der Waals surface area (Å²) in [5, 5.41) is 8.90. The molecule has 0 bridgehead atoms. The minimum absolute atomic E-state index is 0.0518. The number of hydrogen-bond acceptors (Lipinski definition) is 3. The van der Waals surface area contributed by atoms with Crippen molar-refractivity contribution >= 4 is 28.8 Å². The summed E-state index contributed by atoms with van der Waals surface area (Å²) >= 11 is 0. The summed E-state index contributed by atoms with van der Waals surface area (Å²) in [4.78, 5) is 23.8. The third kappa shape index (κ3) is 10.6. The van der Waals surface area contributed by atoms with Gasteiger partial charge in [-0.3, -0.25) is 9.59 Å². The molecule has 5 nitrogen and oxygen atoms in total. The van der Waals surface area contributed by atoms with E-state index in [1.54, 1.807) is 6.21 Å². The number of amides is 2. The molecule has 0 saturated heterocycles. The van der Waals surface area contributed by atoms with Gasteiger partial charge in [-0.1, -0.05) is 114 Å². The highest BCUT2D eigenvalue weighted by Gasteiger charge is 2.05. The first-order chi connectivity index (χ1) is 15.7. The number of fused-ring (bicyclic) bond motifs is 1. The number of hydrazone groups is 1. The van der Waals surface area contributed by atoms with Gasteiger partial charge in [0, 0.05) is 12.0 Å². The van der Waals surface area contributed by atoms with E-state index in [-0.39, 0.29) is 18.4 Å². The minimum Gasteiger partial charge on any atom is -0.347 e. The summed E-state index contributed by atoms with van der Waals surface area (Å²) in [6.45, 7) is 2.20. The van der Waals surface area contributed by atoms with Crippen LogP contribution in [0.1, 0.15) is 89.5 Å². The fraction of sp³-hybridized carbons (Fsp3) is 0.519. The molecule has 0 aliphatic carbocycles. The van der Waals surface area contributed by atoms with E-state index in [2.05, 4.69) is 22.8 Å². The first kappa shape index (κ1) is 25.6. The van der Waals surface area contributed by atoms with E-state index in [9.17, 15) is 9.59 Å². The molecular formula is C27H39N3O2. The third-order valence-electron chi connectivity index (χ3n) is 5.67. The molecule has 0 heterocycles. The van der Waals surface area contributed by atoms with Gasteiger partial charge in [0.2, 0.25) is 5.91 Å².